The predicted molar refractivity (Wildman–Crippen MR) is 122 cm³/mol. The summed E-state index contributed by atoms with van der Waals surface area (Å²) in [7, 11) is 0. The number of hydrogen-bond acceptors (Lipinski definition) is 5. The van der Waals surface area contributed by atoms with Gasteiger partial charge in [0.1, 0.15) is 5.75 Å². The maximum Gasteiger partial charge on any atom is 0.258 e. The first-order chi connectivity index (χ1) is 15.5. The van der Waals surface area contributed by atoms with E-state index >= 15 is 0 Å². The molecule has 3 amide bonds. The molecule has 0 atom stereocenters. The number of amides is 3. The zero-order valence-corrected chi connectivity index (χ0v) is 18.4. The van der Waals surface area contributed by atoms with E-state index in [1.165, 1.54) is 0 Å². The van der Waals surface area contributed by atoms with Gasteiger partial charge in [-0.1, -0.05) is 17.7 Å². The molecule has 2 aromatic rings. The third-order valence-electron chi connectivity index (χ3n) is 5.58. The molecule has 2 aromatic carbocycles. The van der Waals surface area contributed by atoms with E-state index in [2.05, 4.69) is 15.5 Å². The molecule has 0 aliphatic carbocycles. The molecule has 2 N–H and O–H groups in total. The van der Waals surface area contributed by atoms with Crippen molar-refractivity contribution in [2.75, 3.05) is 49.5 Å². The Morgan fingerprint density at radius 1 is 1.06 bits per heavy atom. The molecule has 0 unspecified atom stereocenters. The van der Waals surface area contributed by atoms with Gasteiger partial charge >= 0.3 is 0 Å². The maximum absolute atomic E-state index is 12.5. The summed E-state index contributed by atoms with van der Waals surface area (Å²) in [5.74, 6) is 0.0788. The third-order valence-corrected chi connectivity index (χ3v) is 5.82. The van der Waals surface area contributed by atoms with E-state index in [0.29, 0.717) is 49.8 Å². The first-order valence-electron chi connectivity index (χ1n) is 10.6. The van der Waals surface area contributed by atoms with Crippen molar-refractivity contribution in [2.24, 2.45) is 0 Å². The fourth-order valence-corrected chi connectivity index (χ4v) is 4.01. The van der Waals surface area contributed by atoms with Crippen LogP contribution >= 0.6 is 11.6 Å². The van der Waals surface area contributed by atoms with Crippen molar-refractivity contribution in [3.8, 4) is 5.75 Å². The highest BCUT2D eigenvalue weighted by Crippen LogP contribution is 2.26. The average Bonchev–Trinajstić information content (AvgIpc) is 2.81. The van der Waals surface area contributed by atoms with Gasteiger partial charge in [0.15, 0.2) is 6.61 Å². The van der Waals surface area contributed by atoms with Crippen LogP contribution in [0.5, 0.6) is 5.75 Å². The summed E-state index contributed by atoms with van der Waals surface area (Å²) in [6.45, 7) is 2.35. The van der Waals surface area contributed by atoms with E-state index in [-0.39, 0.29) is 30.9 Å². The molecular formula is C23H25ClN4O4. The number of carbonyl (C=O) groups is 3. The Labute approximate surface area is 191 Å². The van der Waals surface area contributed by atoms with Crippen LogP contribution in [-0.2, 0) is 20.8 Å². The van der Waals surface area contributed by atoms with Crippen molar-refractivity contribution in [3.05, 3.63) is 53.1 Å². The Kier molecular flexibility index (Phi) is 6.80. The van der Waals surface area contributed by atoms with Crippen LogP contribution in [0.25, 0.3) is 0 Å². The molecule has 168 valence electrons. The number of halogens is 1. The molecule has 0 bridgehead atoms. The molecule has 32 heavy (non-hydrogen) atoms. The minimum absolute atomic E-state index is 0.00101. The number of nitrogens with one attached hydrogen (secondary N) is 2. The van der Waals surface area contributed by atoms with Crippen LogP contribution in [0.4, 0.5) is 11.4 Å². The standard InChI is InChI=1S/C23H25ClN4O4/c24-17-2-1-3-18(13-17)27-8-10-28(11-9-27)23(31)14-25-22(30)15-32-19-5-6-20-16(12-19)4-7-21(29)26-20/h1-3,5-6,12-13H,4,7-11,14-15H2,(H,25,30)(H,26,29). The molecule has 2 aliphatic rings. The fourth-order valence-electron chi connectivity index (χ4n) is 3.82. The number of aryl methyl sites for hydroxylation is 1. The molecule has 0 radical (unpaired) electrons. The molecule has 2 aliphatic heterocycles. The molecular weight excluding hydrogens is 432 g/mol. The molecule has 1 fully saturated rings. The molecule has 9 heteroatoms. The zero-order chi connectivity index (χ0) is 22.5. The first-order valence-corrected chi connectivity index (χ1v) is 11.0. The number of rotatable bonds is 6. The largest absolute Gasteiger partial charge is 0.484 e. The lowest BCUT2D eigenvalue weighted by Crippen LogP contribution is -2.51. The highest BCUT2D eigenvalue weighted by molar-refractivity contribution is 6.30. The second kappa shape index (κ2) is 9.91. The van der Waals surface area contributed by atoms with Crippen molar-refractivity contribution in [1.82, 2.24) is 10.2 Å². The topological polar surface area (TPSA) is 91.0 Å². The lowest BCUT2D eigenvalue weighted by atomic mass is 10.0. The van der Waals surface area contributed by atoms with Gasteiger partial charge in [0.05, 0.1) is 6.54 Å². The number of carbonyl (C=O) groups excluding carboxylic acids is 3. The summed E-state index contributed by atoms with van der Waals surface area (Å²) in [6, 6.07) is 13.0. The van der Waals surface area contributed by atoms with Gasteiger partial charge in [-0.3, -0.25) is 14.4 Å². The van der Waals surface area contributed by atoms with Gasteiger partial charge in [0.2, 0.25) is 11.8 Å². The summed E-state index contributed by atoms with van der Waals surface area (Å²) in [5, 5.41) is 6.12. The molecule has 4 rings (SSSR count). The Hall–Kier alpha value is -3.26. The summed E-state index contributed by atoms with van der Waals surface area (Å²) in [4.78, 5) is 39.9. The molecule has 0 aromatic heterocycles. The monoisotopic (exact) mass is 456 g/mol. The molecule has 0 saturated carbocycles. The molecule has 8 nitrogen and oxygen atoms in total. The number of benzene rings is 2. The maximum atomic E-state index is 12.5. The van der Waals surface area contributed by atoms with Crippen molar-refractivity contribution >= 4 is 40.7 Å². The number of anilines is 2. The Bertz CT molecular complexity index is 1020. The van der Waals surface area contributed by atoms with E-state index in [0.717, 1.165) is 16.9 Å². The van der Waals surface area contributed by atoms with Crippen LogP contribution in [0, 0.1) is 0 Å². The van der Waals surface area contributed by atoms with Gasteiger partial charge in [-0.25, -0.2) is 0 Å². The number of piperazine rings is 1. The summed E-state index contributed by atoms with van der Waals surface area (Å²) >= 11 is 6.06. The minimum atomic E-state index is -0.359. The normalized spacial score (nSPS) is 15.6. The van der Waals surface area contributed by atoms with E-state index in [1.807, 2.05) is 30.3 Å². The first kappa shape index (κ1) is 22.0. The van der Waals surface area contributed by atoms with Crippen LogP contribution in [0.15, 0.2) is 42.5 Å². The number of hydrogen-bond donors (Lipinski definition) is 2. The Morgan fingerprint density at radius 3 is 2.66 bits per heavy atom. The van der Waals surface area contributed by atoms with E-state index < -0.39 is 0 Å². The fraction of sp³-hybridized carbons (Fsp3) is 0.348. The van der Waals surface area contributed by atoms with Gasteiger partial charge in [0, 0.05) is 49.0 Å². The average molecular weight is 457 g/mol. The van der Waals surface area contributed by atoms with E-state index in [9.17, 15) is 14.4 Å². The van der Waals surface area contributed by atoms with Crippen molar-refractivity contribution in [1.29, 1.82) is 0 Å². The smallest absolute Gasteiger partial charge is 0.258 e. The Morgan fingerprint density at radius 2 is 1.88 bits per heavy atom. The highest BCUT2D eigenvalue weighted by atomic mass is 35.5. The number of nitrogens with zero attached hydrogens (tertiary/aromatic N) is 2. The zero-order valence-electron chi connectivity index (χ0n) is 17.6. The number of ether oxygens (including phenoxy) is 1. The third kappa shape index (κ3) is 5.50. The van der Waals surface area contributed by atoms with Crippen molar-refractivity contribution in [3.63, 3.8) is 0 Å². The van der Waals surface area contributed by atoms with Gasteiger partial charge < -0.3 is 25.2 Å². The van der Waals surface area contributed by atoms with Gasteiger partial charge in [-0.15, -0.1) is 0 Å². The highest BCUT2D eigenvalue weighted by Gasteiger charge is 2.22. The second-order valence-corrected chi connectivity index (χ2v) is 8.22. The lowest BCUT2D eigenvalue weighted by Gasteiger charge is -2.36. The molecule has 1 saturated heterocycles. The van der Waals surface area contributed by atoms with Gasteiger partial charge in [-0.05, 0) is 48.4 Å². The summed E-state index contributed by atoms with van der Waals surface area (Å²) in [6.07, 6.45) is 1.08. The second-order valence-electron chi connectivity index (χ2n) is 7.78. The summed E-state index contributed by atoms with van der Waals surface area (Å²) in [5.41, 5.74) is 2.80. The Balaban J connectivity index is 1.18. The SMILES string of the molecule is O=C(COc1ccc2c(c1)CCC(=O)N2)NCC(=O)N1CCN(c2cccc(Cl)c2)CC1. The van der Waals surface area contributed by atoms with Gasteiger partial charge in [0.25, 0.3) is 5.91 Å². The number of fused-ring (bicyclic) bond motifs is 1. The summed E-state index contributed by atoms with van der Waals surface area (Å²) < 4.78 is 5.54. The molecule has 0 spiro atoms. The quantitative estimate of drug-likeness (QED) is 0.694. The predicted octanol–water partition coefficient (Wildman–Crippen LogP) is 2.07. The lowest BCUT2D eigenvalue weighted by molar-refractivity contribution is -0.133. The van der Waals surface area contributed by atoms with Crippen LogP contribution in [0.2, 0.25) is 5.02 Å². The van der Waals surface area contributed by atoms with Crippen molar-refractivity contribution < 1.29 is 19.1 Å². The van der Waals surface area contributed by atoms with E-state index in [1.54, 1.807) is 17.0 Å². The van der Waals surface area contributed by atoms with Crippen LogP contribution in [-0.4, -0.2) is 62.0 Å². The molecule has 2 heterocycles. The van der Waals surface area contributed by atoms with Crippen LogP contribution in [0.3, 0.4) is 0 Å². The van der Waals surface area contributed by atoms with E-state index in [4.69, 9.17) is 16.3 Å². The van der Waals surface area contributed by atoms with Crippen LogP contribution in [0.1, 0.15) is 12.0 Å². The van der Waals surface area contributed by atoms with Gasteiger partial charge in [-0.2, -0.15) is 0 Å². The van der Waals surface area contributed by atoms with Crippen LogP contribution < -0.4 is 20.3 Å². The minimum Gasteiger partial charge on any atom is -0.484 e. The van der Waals surface area contributed by atoms with Crippen molar-refractivity contribution in [2.45, 2.75) is 12.8 Å².